The van der Waals surface area contributed by atoms with Gasteiger partial charge >= 0.3 is 0 Å². The minimum absolute atomic E-state index is 0.0309. The van der Waals surface area contributed by atoms with Gasteiger partial charge in [0.15, 0.2) is 0 Å². The van der Waals surface area contributed by atoms with Crippen molar-refractivity contribution in [2.75, 3.05) is 11.8 Å². The molecular formula is C24H28N2O5S. The molecule has 1 saturated heterocycles. The monoisotopic (exact) mass is 456 g/mol. The van der Waals surface area contributed by atoms with Crippen molar-refractivity contribution in [3.05, 3.63) is 53.1 Å². The van der Waals surface area contributed by atoms with Crippen molar-refractivity contribution in [2.24, 2.45) is 11.8 Å². The van der Waals surface area contributed by atoms with Gasteiger partial charge in [-0.3, -0.25) is 19.2 Å². The van der Waals surface area contributed by atoms with Gasteiger partial charge in [-0.15, -0.1) is 0 Å². The second kappa shape index (κ2) is 8.58. The van der Waals surface area contributed by atoms with Gasteiger partial charge in [-0.05, 0) is 55.5 Å². The van der Waals surface area contributed by atoms with Gasteiger partial charge in [-0.25, -0.2) is 8.42 Å². The lowest BCUT2D eigenvalue weighted by atomic mass is 9.81. The van der Waals surface area contributed by atoms with Gasteiger partial charge in [0.2, 0.25) is 11.8 Å². The van der Waals surface area contributed by atoms with Crippen LogP contribution >= 0.6 is 0 Å². The number of likely N-dealkylation sites (tertiary alicyclic amines) is 1. The molecule has 32 heavy (non-hydrogen) atoms. The largest absolute Gasteiger partial charge is 0.495 e. The van der Waals surface area contributed by atoms with E-state index >= 15 is 0 Å². The van der Waals surface area contributed by atoms with Crippen molar-refractivity contribution in [2.45, 2.75) is 51.0 Å². The number of ether oxygens (including phenoxy) is 1. The number of carbonyl (C=O) groups is 2. The van der Waals surface area contributed by atoms with E-state index in [-0.39, 0.29) is 40.8 Å². The molecule has 2 amide bonds. The molecule has 1 aliphatic heterocycles. The number of nitrogens with zero attached hydrogens (tertiary/aromatic N) is 1. The number of fused-ring (bicyclic) bond motifs is 1. The number of amides is 2. The molecular weight excluding hydrogens is 428 g/mol. The zero-order valence-corrected chi connectivity index (χ0v) is 19.4. The first-order chi connectivity index (χ1) is 15.2. The van der Waals surface area contributed by atoms with Crippen LogP contribution in [-0.4, -0.2) is 32.2 Å². The lowest BCUT2D eigenvalue weighted by molar-refractivity contribution is -0.140. The molecule has 2 fully saturated rings. The third-order valence-electron chi connectivity index (χ3n) is 6.51. The molecule has 2 aliphatic rings. The number of imide groups is 1. The standard InChI is InChI=1S/C24H28N2O5S/c1-15-7-6-8-16(2)22(15)25-32(29,30)21-13-17(11-12-20(21)31-3)14-26-23(27)18-9-4-5-10-19(18)24(26)28/h6-8,11-13,18-19,25H,4-5,9-10,14H2,1-3H3/t18-,19-/m1/s1. The number of carbonyl (C=O) groups excluding carboxylic acids is 2. The SMILES string of the molecule is COc1ccc(CN2C(=O)[C@@H]3CCCC[C@H]3C2=O)cc1S(=O)(=O)Nc1c(C)cccc1C. The average Bonchev–Trinajstić information content (AvgIpc) is 3.01. The maximum atomic E-state index is 13.3. The topological polar surface area (TPSA) is 92.8 Å². The summed E-state index contributed by atoms with van der Waals surface area (Å²) < 4.78 is 34.5. The molecule has 8 heteroatoms. The van der Waals surface area contributed by atoms with E-state index in [1.807, 2.05) is 32.0 Å². The lowest BCUT2D eigenvalue weighted by Crippen LogP contribution is -2.30. The van der Waals surface area contributed by atoms with Gasteiger partial charge in [0.05, 0.1) is 31.2 Å². The summed E-state index contributed by atoms with van der Waals surface area (Å²) in [6.07, 6.45) is 3.41. The highest BCUT2D eigenvalue weighted by Crippen LogP contribution is 2.39. The van der Waals surface area contributed by atoms with E-state index in [1.54, 1.807) is 12.1 Å². The quantitative estimate of drug-likeness (QED) is 0.668. The first-order valence-corrected chi connectivity index (χ1v) is 12.3. The maximum Gasteiger partial charge on any atom is 0.265 e. The molecule has 0 bridgehead atoms. The number of para-hydroxylation sites is 1. The molecule has 1 heterocycles. The Morgan fingerprint density at radius 1 is 1.00 bits per heavy atom. The fraction of sp³-hybridized carbons (Fsp3) is 0.417. The fourth-order valence-electron chi connectivity index (χ4n) is 4.76. The zero-order valence-electron chi connectivity index (χ0n) is 18.6. The number of hydrogen-bond acceptors (Lipinski definition) is 5. The highest BCUT2D eigenvalue weighted by atomic mass is 32.2. The minimum Gasteiger partial charge on any atom is -0.495 e. The second-order valence-electron chi connectivity index (χ2n) is 8.62. The van der Waals surface area contributed by atoms with Crippen molar-refractivity contribution < 1.29 is 22.7 Å². The Labute approximate surface area is 188 Å². The van der Waals surface area contributed by atoms with Crippen LogP contribution < -0.4 is 9.46 Å². The Bertz CT molecular complexity index is 1130. The van der Waals surface area contributed by atoms with Gasteiger partial charge in [-0.1, -0.05) is 37.1 Å². The van der Waals surface area contributed by atoms with Gasteiger partial charge < -0.3 is 4.74 Å². The third kappa shape index (κ3) is 3.99. The summed E-state index contributed by atoms with van der Waals surface area (Å²) in [7, 11) is -2.56. The van der Waals surface area contributed by atoms with E-state index < -0.39 is 10.0 Å². The van der Waals surface area contributed by atoms with Gasteiger partial charge in [0, 0.05) is 0 Å². The van der Waals surface area contributed by atoms with Crippen molar-refractivity contribution >= 4 is 27.5 Å². The Hall–Kier alpha value is -2.87. The van der Waals surface area contributed by atoms with Crippen molar-refractivity contribution in [1.29, 1.82) is 0 Å². The van der Waals surface area contributed by atoms with E-state index in [1.165, 1.54) is 18.1 Å². The summed E-state index contributed by atoms with van der Waals surface area (Å²) in [4.78, 5) is 26.9. The molecule has 4 rings (SSSR count). The molecule has 0 aromatic heterocycles. The summed E-state index contributed by atoms with van der Waals surface area (Å²) in [5.41, 5.74) is 2.70. The number of hydrogen-bond donors (Lipinski definition) is 1. The van der Waals surface area contributed by atoms with Crippen LogP contribution in [0.5, 0.6) is 5.75 Å². The zero-order chi connectivity index (χ0) is 23.0. The van der Waals surface area contributed by atoms with Crippen molar-refractivity contribution in [3.63, 3.8) is 0 Å². The molecule has 170 valence electrons. The maximum absolute atomic E-state index is 13.3. The predicted molar refractivity (Wildman–Crippen MR) is 121 cm³/mol. The van der Waals surface area contributed by atoms with E-state index in [4.69, 9.17) is 4.74 Å². The smallest absolute Gasteiger partial charge is 0.265 e. The molecule has 2 atom stereocenters. The summed E-state index contributed by atoms with van der Waals surface area (Å²) in [5, 5.41) is 0. The first-order valence-electron chi connectivity index (χ1n) is 10.8. The molecule has 0 radical (unpaired) electrons. The Kier molecular flexibility index (Phi) is 5.99. The summed E-state index contributed by atoms with van der Waals surface area (Å²) in [6, 6.07) is 10.3. The van der Waals surface area contributed by atoms with Gasteiger partial charge in [-0.2, -0.15) is 0 Å². The third-order valence-corrected chi connectivity index (χ3v) is 7.88. The minimum atomic E-state index is -3.97. The van der Waals surface area contributed by atoms with Crippen LogP contribution in [0.2, 0.25) is 0 Å². The van der Waals surface area contributed by atoms with Crippen LogP contribution in [0.15, 0.2) is 41.3 Å². The van der Waals surface area contributed by atoms with Crippen LogP contribution in [0.1, 0.15) is 42.4 Å². The van der Waals surface area contributed by atoms with Crippen LogP contribution in [0, 0.1) is 25.7 Å². The Morgan fingerprint density at radius 3 is 2.16 bits per heavy atom. The van der Waals surface area contributed by atoms with Crippen molar-refractivity contribution in [3.8, 4) is 5.75 Å². The first kappa shape index (κ1) is 22.3. The van der Waals surface area contributed by atoms with Crippen LogP contribution in [0.4, 0.5) is 5.69 Å². The number of sulfonamides is 1. The molecule has 0 unspecified atom stereocenters. The highest BCUT2D eigenvalue weighted by Gasteiger charge is 2.47. The average molecular weight is 457 g/mol. The summed E-state index contributed by atoms with van der Waals surface area (Å²) >= 11 is 0. The predicted octanol–water partition coefficient (Wildman–Crippen LogP) is 3.79. The molecule has 7 nitrogen and oxygen atoms in total. The highest BCUT2D eigenvalue weighted by molar-refractivity contribution is 7.92. The lowest BCUT2D eigenvalue weighted by Gasteiger charge is -2.19. The molecule has 1 N–H and O–H groups in total. The van der Waals surface area contributed by atoms with Crippen molar-refractivity contribution in [1.82, 2.24) is 4.90 Å². The number of benzene rings is 2. The normalized spacial score (nSPS) is 20.9. The second-order valence-corrected chi connectivity index (χ2v) is 10.3. The van der Waals surface area contributed by atoms with Gasteiger partial charge in [0.25, 0.3) is 10.0 Å². The molecule has 1 aliphatic carbocycles. The Morgan fingerprint density at radius 2 is 1.59 bits per heavy atom. The fourth-order valence-corrected chi connectivity index (χ4v) is 6.19. The number of methoxy groups -OCH3 is 1. The summed E-state index contributed by atoms with van der Waals surface area (Å²) in [5.74, 6) is -0.561. The van der Waals surface area contributed by atoms with E-state index in [0.29, 0.717) is 11.3 Å². The number of anilines is 1. The number of rotatable bonds is 6. The van der Waals surface area contributed by atoms with Crippen LogP contribution in [0.3, 0.4) is 0 Å². The molecule has 2 aromatic rings. The molecule has 2 aromatic carbocycles. The summed E-state index contributed by atoms with van der Waals surface area (Å²) in [6.45, 7) is 3.73. The molecule has 0 spiro atoms. The van der Waals surface area contributed by atoms with Gasteiger partial charge in [0.1, 0.15) is 10.6 Å². The van der Waals surface area contributed by atoms with E-state index in [0.717, 1.165) is 36.8 Å². The van der Waals surface area contributed by atoms with E-state index in [2.05, 4.69) is 4.72 Å². The van der Waals surface area contributed by atoms with Crippen LogP contribution in [0.25, 0.3) is 0 Å². The molecule has 1 saturated carbocycles. The van der Waals surface area contributed by atoms with Crippen LogP contribution in [-0.2, 0) is 26.2 Å². The number of aryl methyl sites for hydroxylation is 2. The number of nitrogens with one attached hydrogen (secondary N) is 1. The Balaban J connectivity index is 1.64. The van der Waals surface area contributed by atoms with E-state index in [9.17, 15) is 18.0 Å².